The lowest BCUT2D eigenvalue weighted by Crippen LogP contribution is -2.16. The molecule has 0 bridgehead atoms. The van der Waals surface area contributed by atoms with E-state index in [0.29, 0.717) is 0 Å². The summed E-state index contributed by atoms with van der Waals surface area (Å²) in [7, 11) is 0. The highest BCUT2D eigenvalue weighted by atomic mass is 16.3. The van der Waals surface area contributed by atoms with Gasteiger partial charge in [-0.05, 0) is 135 Å². The summed E-state index contributed by atoms with van der Waals surface area (Å²) >= 11 is 0. The Morgan fingerprint density at radius 1 is 0.433 bits per heavy atom. The zero-order valence-corrected chi connectivity index (χ0v) is 37.3. The molecule has 2 aromatic heterocycles. The minimum absolute atomic E-state index is 0.138. The maximum atomic E-state index is 6.51. The van der Waals surface area contributed by atoms with Crippen molar-refractivity contribution in [2.24, 2.45) is 0 Å². The number of furan rings is 1. The standard InChI is InChI=1S/C64H44N2O/c1-64(2)56-25-10-8-22-52(56)62-57(64)26-14-27-59(62)65(46-32-29-40(30-33-46)49-23-13-24-51-50-21-9-11-28-61(50)67-63(49)51)47-19-12-16-41(36-47)42-31-34-58-54(37-42)55-39-53-44(35-43-15-6-7-20-48(43)53)38-60(55)66(58)45-17-4-3-5-18-45/h3-34,36-39H,35H2,1-2H3. The molecule has 3 nitrogen and oxygen atoms in total. The molecule has 2 heterocycles. The van der Waals surface area contributed by atoms with Gasteiger partial charge in [-0.3, -0.25) is 0 Å². The highest BCUT2D eigenvalue weighted by Gasteiger charge is 2.38. The Kier molecular flexibility index (Phi) is 8.09. The highest BCUT2D eigenvalue weighted by Crippen LogP contribution is 2.54. The third-order valence-corrected chi connectivity index (χ3v) is 14.8. The van der Waals surface area contributed by atoms with Gasteiger partial charge in [-0.2, -0.15) is 0 Å². The summed E-state index contributed by atoms with van der Waals surface area (Å²) < 4.78 is 8.96. The van der Waals surface area contributed by atoms with Gasteiger partial charge in [0, 0.05) is 55.1 Å². The van der Waals surface area contributed by atoms with Gasteiger partial charge in [-0.25, -0.2) is 0 Å². The summed E-state index contributed by atoms with van der Waals surface area (Å²) in [6, 6.07) is 80.4. The van der Waals surface area contributed by atoms with Crippen LogP contribution in [0.25, 0.3) is 93.9 Å². The Balaban J connectivity index is 0.943. The highest BCUT2D eigenvalue weighted by molar-refractivity contribution is 6.13. The first-order chi connectivity index (χ1) is 33.0. The number of anilines is 3. The molecule has 316 valence electrons. The summed E-state index contributed by atoms with van der Waals surface area (Å²) in [5, 5.41) is 4.79. The Hall–Kier alpha value is -8.40. The molecule has 0 atom stereocenters. The van der Waals surface area contributed by atoms with E-state index in [1.807, 2.05) is 6.07 Å². The summed E-state index contributed by atoms with van der Waals surface area (Å²) in [4.78, 5) is 2.46. The molecule has 0 N–H and O–H groups in total. The lowest BCUT2D eigenvalue weighted by Gasteiger charge is -2.29. The lowest BCUT2D eigenvalue weighted by molar-refractivity contribution is 0.660. The normalized spacial score (nSPS) is 13.3. The fraction of sp³-hybridized carbons (Fsp3) is 0.0625. The van der Waals surface area contributed by atoms with Crippen molar-refractivity contribution in [3.63, 3.8) is 0 Å². The zero-order chi connectivity index (χ0) is 44.4. The van der Waals surface area contributed by atoms with Crippen LogP contribution in [-0.4, -0.2) is 4.57 Å². The fourth-order valence-corrected chi connectivity index (χ4v) is 11.6. The largest absolute Gasteiger partial charge is 0.455 e. The molecule has 0 saturated carbocycles. The SMILES string of the molecule is CC1(C)c2ccccc2-c2c(N(c3ccc(-c4cccc5c4oc4ccccc45)cc3)c3cccc(-c4ccc5c(c4)c4cc6c(cc4n5-c4ccccc4)Cc4ccccc4-6)c3)cccc21. The van der Waals surface area contributed by atoms with E-state index in [0.717, 1.165) is 62.1 Å². The number of fused-ring (bicyclic) bond motifs is 12. The molecule has 2 aliphatic carbocycles. The van der Waals surface area contributed by atoms with Crippen molar-refractivity contribution in [3.8, 4) is 50.2 Å². The molecule has 67 heavy (non-hydrogen) atoms. The molecule has 12 aromatic rings. The average Bonchev–Trinajstić information content (AvgIpc) is 4.10. The fourth-order valence-electron chi connectivity index (χ4n) is 11.6. The molecule has 0 aliphatic heterocycles. The van der Waals surface area contributed by atoms with E-state index in [2.05, 4.69) is 236 Å². The van der Waals surface area contributed by atoms with Gasteiger partial charge in [-0.1, -0.05) is 159 Å². The van der Waals surface area contributed by atoms with E-state index in [1.165, 1.54) is 77.6 Å². The van der Waals surface area contributed by atoms with E-state index >= 15 is 0 Å². The summed E-state index contributed by atoms with van der Waals surface area (Å²) in [6.07, 6.45) is 0.958. The van der Waals surface area contributed by atoms with E-state index in [1.54, 1.807) is 0 Å². The number of rotatable bonds is 6. The molecular formula is C64H44N2O. The average molecular weight is 857 g/mol. The summed E-state index contributed by atoms with van der Waals surface area (Å²) in [6.45, 7) is 4.72. The molecule has 2 aliphatic rings. The van der Waals surface area contributed by atoms with Crippen LogP contribution in [0.15, 0.2) is 223 Å². The van der Waals surface area contributed by atoms with Crippen LogP contribution in [0.1, 0.15) is 36.1 Å². The van der Waals surface area contributed by atoms with Crippen LogP contribution in [0.4, 0.5) is 17.1 Å². The number of aromatic nitrogens is 1. The first-order valence-electron chi connectivity index (χ1n) is 23.4. The molecule has 10 aromatic carbocycles. The van der Waals surface area contributed by atoms with E-state index in [9.17, 15) is 0 Å². The van der Waals surface area contributed by atoms with Crippen molar-refractivity contribution >= 4 is 60.8 Å². The zero-order valence-electron chi connectivity index (χ0n) is 37.3. The Morgan fingerprint density at radius 3 is 2.01 bits per heavy atom. The first kappa shape index (κ1) is 37.9. The molecule has 0 amide bonds. The van der Waals surface area contributed by atoms with Crippen molar-refractivity contribution in [3.05, 3.63) is 241 Å². The molecule has 3 heteroatoms. The van der Waals surface area contributed by atoms with Crippen LogP contribution in [0.5, 0.6) is 0 Å². The Morgan fingerprint density at radius 2 is 1.12 bits per heavy atom. The monoisotopic (exact) mass is 856 g/mol. The van der Waals surface area contributed by atoms with Crippen molar-refractivity contribution in [2.45, 2.75) is 25.7 Å². The second kappa shape index (κ2) is 14.3. The maximum Gasteiger partial charge on any atom is 0.143 e. The van der Waals surface area contributed by atoms with Gasteiger partial charge in [0.1, 0.15) is 11.2 Å². The molecule has 0 radical (unpaired) electrons. The number of nitrogens with zero attached hydrogens (tertiary/aromatic N) is 2. The van der Waals surface area contributed by atoms with Crippen LogP contribution >= 0.6 is 0 Å². The molecule has 0 saturated heterocycles. The van der Waals surface area contributed by atoms with Crippen LogP contribution in [0.2, 0.25) is 0 Å². The molecule has 0 spiro atoms. The maximum absolute atomic E-state index is 6.51. The molecular weight excluding hydrogens is 813 g/mol. The van der Waals surface area contributed by atoms with Gasteiger partial charge >= 0.3 is 0 Å². The van der Waals surface area contributed by atoms with Crippen LogP contribution < -0.4 is 4.90 Å². The van der Waals surface area contributed by atoms with Crippen molar-refractivity contribution in [1.29, 1.82) is 0 Å². The molecule has 0 unspecified atom stereocenters. The number of benzene rings is 10. The van der Waals surface area contributed by atoms with Crippen molar-refractivity contribution in [2.75, 3.05) is 4.90 Å². The van der Waals surface area contributed by atoms with Gasteiger partial charge in [-0.15, -0.1) is 0 Å². The van der Waals surface area contributed by atoms with Crippen molar-refractivity contribution in [1.82, 2.24) is 4.57 Å². The van der Waals surface area contributed by atoms with Crippen molar-refractivity contribution < 1.29 is 4.42 Å². The molecule has 0 fully saturated rings. The second-order valence-electron chi connectivity index (χ2n) is 18.8. The number of hydrogen-bond acceptors (Lipinski definition) is 2. The van der Waals surface area contributed by atoms with Gasteiger partial charge < -0.3 is 13.9 Å². The number of hydrogen-bond donors (Lipinski definition) is 0. The molecule has 14 rings (SSSR count). The van der Waals surface area contributed by atoms with Gasteiger partial charge in [0.15, 0.2) is 0 Å². The topological polar surface area (TPSA) is 21.3 Å². The summed E-state index contributed by atoms with van der Waals surface area (Å²) in [5.74, 6) is 0. The quantitative estimate of drug-likeness (QED) is 0.166. The van der Waals surface area contributed by atoms with Gasteiger partial charge in [0.2, 0.25) is 0 Å². The minimum atomic E-state index is -0.138. The number of para-hydroxylation sites is 3. The predicted octanol–water partition coefficient (Wildman–Crippen LogP) is 17.4. The predicted molar refractivity (Wildman–Crippen MR) is 279 cm³/mol. The Bertz CT molecular complexity index is 3980. The van der Waals surface area contributed by atoms with Gasteiger partial charge in [0.05, 0.1) is 16.7 Å². The Labute approximate surface area is 389 Å². The summed E-state index contributed by atoms with van der Waals surface area (Å²) in [5.41, 5.74) is 24.0. The second-order valence-corrected chi connectivity index (χ2v) is 18.8. The van der Waals surface area contributed by atoms with Crippen LogP contribution in [0, 0.1) is 0 Å². The minimum Gasteiger partial charge on any atom is -0.455 e. The van der Waals surface area contributed by atoms with E-state index in [-0.39, 0.29) is 5.41 Å². The lowest BCUT2D eigenvalue weighted by atomic mass is 9.82. The first-order valence-corrected chi connectivity index (χ1v) is 23.4. The van der Waals surface area contributed by atoms with Crippen LogP contribution in [0.3, 0.4) is 0 Å². The van der Waals surface area contributed by atoms with E-state index in [4.69, 9.17) is 4.42 Å². The van der Waals surface area contributed by atoms with Gasteiger partial charge in [0.25, 0.3) is 0 Å². The smallest absolute Gasteiger partial charge is 0.143 e. The third kappa shape index (κ3) is 5.65. The van der Waals surface area contributed by atoms with E-state index < -0.39 is 0 Å². The third-order valence-electron chi connectivity index (χ3n) is 14.8. The van der Waals surface area contributed by atoms with Crippen LogP contribution in [-0.2, 0) is 11.8 Å².